The number of benzene rings is 1. The van der Waals surface area contributed by atoms with Crippen molar-refractivity contribution >= 4 is 33.1 Å². The van der Waals surface area contributed by atoms with E-state index < -0.39 is 0 Å². The monoisotopic (exact) mass is 330 g/mol. The number of methoxy groups -OCH3 is 1. The van der Waals surface area contributed by atoms with Crippen LogP contribution in [-0.2, 0) is 11.3 Å². The number of nitrogens with two attached hydrogens (primary N) is 1. The van der Waals surface area contributed by atoms with Crippen LogP contribution in [-0.4, -0.2) is 36.7 Å². The minimum absolute atomic E-state index is 0.560. The highest BCUT2D eigenvalue weighted by atomic mass is 79.9. The van der Waals surface area contributed by atoms with Crippen molar-refractivity contribution in [2.45, 2.75) is 13.0 Å². The molecular weight excluding hydrogens is 312 g/mol. The van der Waals surface area contributed by atoms with E-state index in [-0.39, 0.29) is 0 Å². The van der Waals surface area contributed by atoms with E-state index in [1.165, 1.54) is 5.56 Å². The van der Waals surface area contributed by atoms with Crippen molar-refractivity contribution in [3.05, 3.63) is 34.3 Å². The zero-order chi connectivity index (χ0) is 13.4. The highest BCUT2D eigenvalue weighted by Gasteiger charge is 2.08. The molecule has 0 spiro atoms. The molecule has 0 amide bonds. The summed E-state index contributed by atoms with van der Waals surface area (Å²) in [5.74, 6) is 0. The Morgan fingerprint density at radius 3 is 2.72 bits per heavy atom. The topological polar surface area (TPSA) is 38.5 Å². The van der Waals surface area contributed by atoms with Gasteiger partial charge in [0.15, 0.2) is 0 Å². The summed E-state index contributed by atoms with van der Waals surface area (Å²) in [6, 6.07) is 8.23. The van der Waals surface area contributed by atoms with Gasteiger partial charge in [-0.1, -0.05) is 46.3 Å². The molecule has 5 heteroatoms. The highest BCUT2D eigenvalue weighted by Crippen LogP contribution is 2.17. The Bertz CT molecular complexity index is 387. The second kappa shape index (κ2) is 8.58. The lowest BCUT2D eigenvalue weighted by molar-refractivity contribution is 0.145. The molecule has 0 aliphatic rings. The summed E-state index contributed by atoms with van der Waals surface area (Å²) in [6.45, 7) is 3.32. The molecule has 100 valence electrons. The number of rotatable bonds is 8. The number of hydrogen-bond donors (Lipinski definition) is 1. The predicted octanol–water partition coefficient (Wildman–Crippen LogP) is 2.57. The van der Waals surface area contributed by atoms with Crippen molar-refractivity contribution in [3.8, 4) is 0 Å². The minimum atomic E-state index is 0.560. The Morgan fingerprint density at radius 1 is 1.39 bits per heavy atom. The van der Waals surface area contributed by atoms with Crippen LogP contribution in [0.3, 0.4) is 0 Å². The molecular formula is C13H19BrN2OS. The molecule has 0 unspecified atom stereocenters. The third-order valence-electron chi connectivity index (χ3n) is 2.64. The molecule has 0 aromatic heterocycles. The summed E-state index contributed by atoms with van der Waals surface area (Å²) in [5, 5.41) is 0. The van der Waals surface area contributed by atoms with Crippen LogP contribution >= 0.6 is 28.1 Å². The van der Waals surface area contributed by atoms with Gasteiger partial charge in [-0.15, -0.1) is 0 Å². The minimum Gasteiger partial charge on any atom is -0.393 e. The van der Waals surface area contributed by atoms with E-state index in [0.29, 0.717) is 11.6 Å². The first kappa shape index (κ1) is 15.6. The summed E-state index contributed by atoms with van der Waals surface area (Å²) in [5.41, 5.74) is 6.82. The van der Waals surface area contributed by atoms with Gasteiger partial charge in [0.1, 0.15) is 0 Å². The van der Waals surface area contributed by atoms with Gasteiger partial charge < -0.3 is 10.5 Å². The summed E-state index contributed by atoms with van der Waals surface area (Å²) < 4.78 is 6.26. The number of ether oxygens (including phenoxy) is 1. The van der Waals surface area contributed by atoms with Crippen molar-refractivity contribution in [1.29, 1.82) is 0 Å². The van der Waals surface area contributed by atoms with Gasteiger partial charge in [0.25, 0.3) is 0 Å². The Balaban J connectivity index is 2.59. The van der Waals surface area contributed by atoms with Crippen LogP contribution in [0, 0.1) is 0 Å². The molecule has 1 aromatic carbocycles. The Morgan fingerprint density at radius 2 is 2.11 bits per heavy atom. The maximum Gasteiger partial charge on any atom is 0.0740 e. The van der Waals surface area contributed by atoms with E-state index in [1.807, 2.05) is 12.1 Å². The van der Waals surface area contributed by atoms with Crippen molar-refractivity contribution in [1.82, 2.24) is 4.90 Å². The van der Waals surface area contributed by atoms with Crippen molar-refractivity contribution < 1.29 is 4.74 Å². The first-order valence-electron chi connectivity index (χ1n) is 5.86. The van der Waals surface area contributed by atoms with Crippen LogP contribution in [0.2, 0.25) is 0 Å². The van der Waals surface area contributed by atoms with Gasteiger partial charge in [-0.05, 0) is 11.6 Å². The molecule has 0 saturated carbocycles. The molecule has 0 radical (unpaired) electrons. The third-order valence-corrected chi connectivity index (χ3v) is 3.62. The average Bonchev–Trinajstić information content (AvgIpc) is 2.35. The zero-order valence-electron chi connectivity index (χ0n) is 10.6. The first-order valence-corrected chi connectivity index (χ1v) is 7.06. The van der Waals surface area contributed by atoms with Crippen LogP contribution in [0.5, 0.6) is 0 Å². The highest BCUT2D eigenvalue weighted by molar-refractivity contribution is 9.10. The summed E-state index contributed by atoms with van der Waals surface area (Å²) in [7, 11) is 1.71. The van der Waals surface area contributed by atoms with Crippen LogP contribution < -0.4 is 5.73 Å². The molecule has 2 N–H and O–H groups in total. The van der Waals surface area contributed by atoms with Gasteiger partial charge in [-0.2, -0.15) is 0 Å². The standard InChI is InChI=1S/C13H19BrN2OS/c1-17-9-8-16(7-6-13(15)18)10-11-4-2-3-5-12(11)14/h2-5H,6-10H2,1H3,(H2,15,18). The summed E-state index contributed by atoms with van der Waals surface area (Å²) in [4.78, 5) is 2.85. The molecule has 0 atom stereocenters. The first-order chi connectivity index (χ1) is 8.63. The van der Waals surface area contributed by atoms with Gasteiger partial charge in [0.2, 0.25) is 0 Å². The summed E-state index contributed by atoms with van der Waals surface area (Å²) in [6.07, 6.45) is 0.740. The SMILES string of the molecule is COCCN(CCC(N)=S)Cc1ccccc1Br. The van der Waals surface area contributed by atoms with Crippen LogP contribution in [0.4, 0.5) is 0 Å². The average molecular weight is 331 g/mol. The fourth-order valence-electron chi connectivity index (χ4n) is 1.63. The second-order valence-corrected chi connectivity index (χ2v) is 5.46. The number of nitrogens with zero attached hydrogens (tertiary/aromatic N) is 1. The molecule has 0 bridgehead atoms. The molecule has 1 aromatic rings. The van der Waals surface area contributed by atoms with Crippen molar-refractivity contribution in [2.24, 2.45) is 5.73 Å². The van der Waals surface area contributed by atoms with Crippen LogP contribution in [0.1, 0.15) is 12.0 Å². The van der Waals surface area contributed by atoms with Gasteiger partial charge in [-0.3, -0.25) is 4.90 Å². The quantitative estimate of drug-likeness (QED) is 0.743. The van der Waals surface area contributed by atoms with E-state index in [1.54, 1.807) is 7.11 Å². The molecule has 0 aliphatic heterocycles. The fraction of sp³-hybridized carbons (Fsp3) is 0.462. The predicted molar refractivity (Wildman–Crippen MR) is 82.7 cm³/mol. The summed E-state index contributed by atoms with van der Waals surface area (Å²) >= 11 is 8.49. The van der Waals surface area contributed by atoms with Crippen molar-refractivity contribution in [2.75, 3.05) is 26.8 Å². The van der Waals surface area contributed by atoms with E-state index >= 15 is 0 Å². The zero-order valence-corrected chi connectivity index (χ0v) is 13.0. The van der Waals surface area contributed by atoms with E-state index in [2.05, 4.69) is 33.0 Å². The Hall–Kier alpha value is -0.490. The Kier molecular flexibility index (Phi) is 7.42. The second-order valence-electron chi connectivity index (χ2n) is 4.08. The Labute approximate surface area is 122 Å². The van der Waals surface area contributed by atoms with Gasteiger partial charge >= 0.3 is 0 Å². The molecule has 0 fully saturated rings. The van der Waals surface area contributed by atoms with Gasteiger partial charge in [0.05, 0.1) is 11.6 Å². The molecule has 3 nitrogen and oxygen atoms in total. The van der Waals surface area contributed by atoms with E-state index in [9.17, 15) is 0 Å². The number of hydrogen-bond acceptors (Lipinski definition) is 3. The molecule has 0 saturated heterocycles. The normalized spacial score (nSPS) is 10.8. The lowest BCUT2D eigenvalue weighted by atomic mass is 10.2. The molecule has 1 rings (SSSR count). The van der Waals surface area contributed by atoms with E-state index in [4.69, 9.17) is 22.7 Å². The largest absolute Gasteiger partial charge is 0.393 e. The lowest BCUT2D eigenvalue weighted by Gasteiger charge is -2.22. The molecule has 0 aliphatic carbocycles. The smallest absolute Gasteiger partial charge is 0.0740 e. The fourth-order valence-corrected chi connectivity index (χ4v) is 2.13. The maximum atomic E-state index is 5.56. The third kappa shape index (κ3) is 5.91. The maximum absolute atomic E-state index is 5.56. The molecule has 18 heavy (non-hydrogen) atoms. The number of halogens is 1. The molecule has 0 heterocycles. The van der Waals surface area contributed by atoms with Gasteiger partial charge in [0, 0.05) is 37.6 Å². The lowest BCUT2D eigenvalue weighted by Crippen LogP contribution is -2.30. The number of thiocarbonyl (C=S) groups is 1. The van der Waals surface area contributed by atoms with Crippen LogP contribution in [0.15, 0.2) is 28.7 Å². The van der Waals surface area contributed by atoms with Gasteiger partial charge in [-0.25, -0.2) is 0 Å². The van der Waals surface area contributed by atoms with Crippen molar-refractivity contribution in [3.63, 3.8) is 0 Å². The van der Waals surface area contributed by atoms with E-state index in [0.717, 1.165) is 30.5 Å². The van der Waals surface area contributed by atoms with Crippen LogP contribution in [0.25, 0.3) is 0 Å².